The fourth-order valence-corrected chi connectivity index (χ4v) is 3.46. The number of hydrazine groups is 1. The zero-order valence-corrected chi connectivity index (χ0v) is 17.1. The van der Waals surface area contributed by atoms with Gasteiger partial charge in [-0.15, -0.1) is 0 Å². The average Bonchev–Trinajstić information content (AvgIpc) is 3.19. The third kappa shape index (κ3) is 5.10. The number of benzene rings is 1. The maximum atomic E-state index is 10.1. The van der Waals surface area contributed by atoms with Crippen molar-refractivity contribution in [1.82, 2.24) is 25.0 Å². The second kappa shape index (κ2) is 9.49. The molecule has 0 aliphatic carbocycles. The van der Waals surface area contributed by atoms with Gasteiger partial charge >= 0.3 is 0 Å². The van der Waals surface area contributed by atoms with Gasteiger partial charge in [-0.1, -0.05) is 12.1 Å². The van der Waals surface area contributed by atoms with E-state index in [1.54, 1.807) is 18.3 Å². The van der Waals surface area contributed by atoms with Crippen molar-refractivity contribution in [2.75, 3.05) is 26.2 Å². The van der Waals surface area contributed by atoms with Gasteiger partial charge in [-0.2, -0.15) is 5.10 Å². The smallest absolute Gasteiger partial charge is 0.124 e. The molecular weight excluding hydrogens is 366 g/mol. The SMILES string of the molecule is CC(C)n1cc(CN2CCN(C(/C=C(\NN)c3ccccc3O)=C\N)CC2)cn1. The Bertz CT molecular complexity index is 863. The zero-order valence-electron chi connectivity index (χ0n) is 17.1. The summed E-state index contributed by atoms with van der Waals surface area (Å²) in [5, 5.41) is 14.5. The Kier molecular flexibility index (Phi) is 6.79. The highest BCUT2D eigenvalue weighted by atomic mass is 16.3. The number of nitrogens with one attached hydrogen (secondary N) is 1. The zero-order chi connectivity index (χ0) is 20.8. The first-order valence-corrected chi connectivity index (χ1v) is 9.90. The molecule has 0 spiro atoms. The molecule has 8 nitrogen and oxygen atoms in total. The van der Waals surface area contributed by atoms with E-state index >= 15 is 0 Å². The summed E-state index contributed by atoms with van der Waals surface area (Å²) < 4.78 is 1.99. The summed E-state index contributed by atoms with van der Waals surface area (Å²) in [4.78, 5) is 4.65. The average molecular weight is 398 g/mol. The Hall–Kier alpha value is -2.97. The summed E-state index contributed by atoms with van der Waals surface area (Å²) in [6.07, 6.45) is 7.53. The Labute approximate surface area is 172 Å². The Morgan fingerprint density at radius 2 is 1.97 bits per heavy atom. The van der Waals surface area contributed by atoms with Crippen LogP contribution in [0, 0.1) is 0 Å². The maximum Gasteiger partial charge on any atom is 0.124 e. The minimum Gasteiger partial charge on any atom is -0.507 e. The lowest BCUT2D eigenvalue weighted by molar-refractivity contribution is 0.155. The Morgan fingerprint density at radius 3 is 2.55 bits per heavy atom. The van der Waals surface area contributed by atoms with Crippen molar-refractivity contribution >= 4 is 5.70 Å². The number of para-hydroxylation sites is 1. The van der Waals surface area contributed by atoms with Gasteiger partial charge in [-0.3, -0.25) is 15.4 Å². The van der Waals surface area contributed by atoms with Crippen molar-refractivity contribution in [1.29, 1.82) is 0 Å². The molecule has 0 unspecified atom stereocenters. The summed E-state index contributed by atoms with van der Waals surface area (Å²) in [6.45, 7) is 8.73. The molecule has 0 saturated carbocycles. The van der Waals surface area contributed by atoms with Gasteiger partial charge in [0.2, 0.25) is 0 Å². The summed E-state index contributed by atoms with van der Waals surface area (Å²) in [5.41, 5.74) is 11.9. The number of nitrogens with zero attached hydrogens (tertiary/aromatic N) is 4. The van der Waals surface area contributed by atoms with Gasteiger partial charge in [0.15, 0.2) is 0 Å². The number of hydrogen-bond donors (Lipinski definition) is 4. The van der Waals surface area contributed by atoms with Gasteiger partial charge in [-0.25, -0.2) is 0 Å². The Morgan fingerprint density at radius 1 is 1.24 bits per heavy atom. The number of phenols is 1. The number of piperazine rings is 1. The van der Waals surface area contributed by atoms with Crippen LogP contribution in [0.25, 0.3) is 5.70 Å². The predicted molar refractivity (Wildman–Crippen MR) is 115 cm³/mol. The highest BCUT2D eigenvalue weighted by molar-refractivity contribution is 5.70. The highest BCUT2D eigenvalue weighted by Gasteiger charge is 2.19. The highest BCUT2D eigenvalue weighted by Crippen LogP contribution is 2.24. The van der Waals surface area contributed by atoms with E-state index in [4.69, 9.17) is 11.6 Å². The van der Waals surface area contributed by atoms with Gasteiger partial charge in [-0.05, 0) is 32.1 Å². The van der Waals surface area contributed by atoms with Gasteiger partial charge < -0.3 is 21.2 Å². The third-order valence-electron chi connectivity index (χ3n) is 5.14. The minimum absolute atomic E-state index is 0.167. The van der Waals surface area contributed by atoms with Crippen molar-refractivity contribution in [3.05, 3.63) is 65.8 Å². The topological polar surface area (TPSA) is 109 Å². The molecule has 1 aromatic carbocycles. The molecule has 1 fully saturated rings. The van der Waals surface area contributed by atoms with Crippen LogP contribution < -0.4 is 17.0 Å². The number of phenolic OH excluding ortho intramolecular Hbond substituents is 1. The molecule has 156 valence electrons. The van der Waals surface area contributed by atoms with E-state index in [0.717, 1.165) is 38.4 Å². The normalized spacial score (nSPS) is 16.5. The van der Waals surface area contributed by atoms with Crippen LogP contribution in [0.1, 0.15) is 31.0 Å². The van der Waals surface area contributed by atoms with E-state index in [0.29, 0.717) is 17.3 Å². The number of allylic oxidation sites excluding steroid dienone is 1. The standard InChI is InChI=1S/C21H31N7O/c1-16(2)28-15-17(13-24-28)14-26-7-9-27(10-8-26)18(12-22)11-20(25-23)19-5-3-4-6-21(19)29/h3-6,11-13,15-16,25,29H,7-10,14,22-23H2,1-2H3/b18-12-,20-11-. The second-order valence-electron chi connectivity index (χ2n) is 7.50. The first kappa shape index (κ1) is 20.8. The van der Waals surface area contributed by atoms with Crippen LogP contribution in [0.2, 0.25) is 0 Å². The van der Waals surface area contributed by atoms with Crippen molar-refractivity contribution in [2.24, 2.45) is 11.6 Å². The van der Waals surface area contributed by atoms with E-state index in [-0.39, 0.29) is 5.75 Å². The monoisotopic (exact) mass is 397 g/mol. The molecule has 1 saturated heterocycles. The van der Waals surface area contributed by atoms with Gasteiger partial charge in [0.25, 0.3) is 0 Å². The third-order valence-corrected chi connectivity index (χ3v) is 5.14. The van der Waals surface area contributed by atoms with Gasteiger partial charge in [0, 0.05) is 62.3 Å². The molecule has 6 N–H and O–H groups in total. The molecule has 2 aromatic rings. The fraction of sp³-hybridized carbons (Fsp3) is 0.381. The van der Waals surface area contributed by atoms with Crippen LogP contribution in [-0.2, 0) is 6.54 Å². The summed E-state index contributed by atoms with van der Waals surface area (Å²) >= 11 is 0. The van der Waals surface area contributed by atoms with E-state index in [2.05, 4.69) is 40.4 Å². The lowest BCUT2D eigenvalue weighted by Gasteiger charge is -2.36. The number of hydrogen-bond acceptors (Lipinski definition) is 7. The van der Waals surface area contributed by atoms with Crippen molar-refractivity contribution in [2.45, 2.75) is 26.4 Å². The number of aromatic nitrogens is 2. The van der Waals surface area contributed by atoms with Crippen LogP contribution in [0.15, 0.2) is 54.6 Å². The van der Waals surface area contributed by atoms with E-state index in [1.165, 1.54) is 5.56 Å². The first-order chi connectivity index (χ1) is 14.0. The molecule has 0 bridgehead atoms. The molecule has 0 radical (unpaired) electrons. The van der Waals surface area contributed by atoms with E-state index in [1.807, 2.05) is 29.1 Å². The first-order valence-electron chi connectivity index (χ1n) is 9.90. The number of aromatic hydroxyl groups is 1. The van der Waals surface area contributed by atoms with Crippen LogP contribution in [0.4, 0.5) is 0 Å². The van der Waals surface area contributed by atoms with Crippen LogP contribution in [0.3, 0.4) is 0 Å². The van der Waals surface area contributed by atoms with Crippen LogP contribution in [0.5, 0.6) is 5.75 Å². The summed E-state index contributed by atoms with van der Waals surface area (Å²) in [6, 6.07) is 7.44. The predicted octanol–water partition coefficient (Wildman–Crippen LogP) is 1.59. The fourth-order valence-electron chi connectivity index (χ4n) is 3.46. The molecule has 0 amide bonds. The van der Waals surface area contributed by atoms with E-state index in [9.17, 15) is 5.11 Å². The van der Waals surface area contributed by atoms with Crippen molar-refractivity contribution < 1.29 is 5.11 Å². The molecule has 3 rings (SSSR count). The van der Waals surface area contributed by atoms with Crippen LogP contribution >= 0.6 is 0 Å². The maximum absolute atomic E-state index is 10.1. The molecule has 0 atom stereocenters. The molecule has 8 heteroatoms. The Balaban J connectivity index is 1.63. The van der Waals surface area contributed by atoms with Crippen molar-refractivity contribution in [3.63, 3.8) is 0 Å². The quantitative estimate of drug-likeness (QED) is 0.319. The lowest BCUT2D eigenvalue weighted by atomic mass is 10.1. The molecule has 29 heavy (non-hydrogen) atoms. The summed E-state index contributed by atoms with van der Waals surface area (Å²) in [7, 11) is 0. The van der Waals surface area contributed by atoms with Crippen molar-refractivity contribution in [3.8, 4) is 5.75 Å². The molecule has 2 heterocycles. The number of rotatable bonds is 7. The molecule has 1 aromatic heterocycles. The minimum atomic E-state index is 0.167. The van der Waals surface area contributed by atoms with E-state index < -0.39 is 0 Å². The number of nitrogens with two attached hydrogens (primary N) is 2. The van der Waals surface area contributed by atoms with Gasteiger partial charge in [0.1, 0.15) is 5.75 Å². The van der Waals surface area contributed by atoms with Gasteiger partial charge in [0.05, 0.1) is 17.6 Å². The largest absolute Gasteiger partial charge is 0.507 e. The molecule has 1 aliphatic rings. The second-order valence-corrected chi connectivity index (χ2v) is 7.50. The summed E-state index contributed by atoms with van der Waals surface area (Å²) in [5.74, 6) is 5.87. The molecule has 1 aliphatic heterocycles. The lowest BCUT2D eigenvalue weighted by Crippen LogP contribution is -2.45. The molecular formula is C21H31N7O. The van der Waals surface area contributed by atoms with Crippen LogP contribution in [-0.4, -0.2) is 50.9 Å².